The van der Waals surface area contributed by atoms with E-state index in [0.717, 1.165) is 12.1 Å². The van der Waals surface area contributed by atoms with Crippen LogP contribution in [0.25, 0.3) is 6.08 Å². The van der Waals surface area contributed by atoms with Gasteiger partial charge < -0.3 is 14.8 Å². The summed E-state index contributed by atoms with van der Waals surface area (Å²) in [6.45, 7) is 1.70. The summed E-state index contributed by atoms with van der Waals surface area (Å²) < 4.78 is 48.2. The molecule has 0 saturated heterocycles. The number of carbonyl (C=O) groups excluding carboxylic acids is 1. The SMILES string of the molecule is COc1ccc(/C=C/C(=O)NC(C)c2ccc(C(F)(F)F)cc2)c(OC)c1. The molecule has 1 unspecified atom stereocenters. The first-order chi connectivity index (χ1) is 12.7. The van der Waals surface area contributed by atoms with Gasteiger partial charge in [0.15, 0.2) is 0 Å². The van der Waals surface area contributed by atoms with E-state index in [1.165, 1.54) is 25.3 Å². The molecule has 1 atom stereocenters. The third-order valence-electron chi connectivity index (χ3n) is 3.95. The van der Waals surface area contributed by atoms with Gasteiger partial charge in [-0.15, -0.1) is 0 Å². The molecule has 0 aromatic heterocycles. The summed E-state index contributed by atoms with van der Waals surface area (Å²) in [6.07, 6.45) is -1.46. The van der Waals surface area contributed by atoms with Crippen LogP contribution < -0.4 is 14.8 Å². The van der Waals surface area contributed by atoms with Crippen molar-refractivity contribution < 1.29 is 27.4 Å². The van der Waals surface area contributed by atoms with E-state index in [2.05, 4.69) is 5.32 Å². The van der Waals surface area contributed by atoms with Gasteiger partial charge in [0.25, 0.3) is 0 Å². The van der Waals surface area contributed by atoms with Gasteiger partial charge in [-0.3, -0.25) is 4.79 Å². The molecule has 4 nitrogen and oxygen atoms in total. The Morgan fingerprint density at radius 1 is 1.07 bits per heavy atom. The van der Waals surface area contributed by atoms with Crippen LogP contribution in [0.3, 0.4) is 0 Å². The molecule has 0 aliphatic heterocycles. The number of halogens is 3. The Morgan fingerprint density at radius 3 is 2.30 bits per heavy atom. The molecule has 0 spiro atoms. The van der Waals surface area contributed by atoms with Crippen LogP contribution in [-0.2, 0) is 11.0 Å². The van der Waals surface area contributed by atoms with E-state index in [9.17, 15) is 18.0 Å². The number of carbonyl (C=O) groups is 1. The first-order valence-corrected chi connectivity index (χ1v) is 8.12. The normalized spacial score (nSPS) is 12.7. The summed E-state index contributed by atoms with van der Waals surface area (Å²) in [5, 5.41) is 2.71. The van der Waals surface area contributed by atoms with Crippen molar-refractivity contribution in [1.82, 2.24) is 5.32 Å². The Bertz CT molecular complexity index is 814. The maximum absolute atomic E-state index is 12.6. The molecule has 0 aliphatic carbocycles. The molecule has 2 aromatic rings. The number of nitrogens with one attached hydrogen (secondary N) is 1. The zero-order chi connectivity index (χ0) is 20.0. The zero-order valence-corrected chi connectivity index (χ0v) is 15.1. The number of amides is 1. The van der Waals surface area contributed by atoms with Crippen molar-refractivity contribution in [1.29, 1.82) is 0 Å². The molecular weight excluding hydrogens is 359 g/mol. The molecule has 2 aromatic carbocycles. The van der Waals surface area contributed by atoms with Gasteiger partial charge in [-0.25, -0.2) is 0 Å². The van der Waals surface area contributed by atoms with Gasteiger partial charge in [0.1, 0.15) is 11.5 Å². The van der Waals surface area contributed by atoms with Gasteiger partial charge in [-0.05, 0) is 42.8 Å². The van der Waals surface area contributed by atoms with Crippen molar-refractivity contribution in [3.63, 3.8) is 0 Å². The van der Waals surface area contributed by atoms with Gasteiger partial charge in [-0.1, -0.05) is 12.1 Å². The lowest BCUT2D eigenvalue weighted by Crippen LogP contribution is -2.24. The second-order valence-electron chi connectivity index (χ2n) is 5.79. The molecule has 0 bridgehead atoms. The van der Waals surface area contributed by atoms with Crippen LogP contribution in [0, 0.1) is 0 Å². The van der Waals surface area contributed by atoms with E-state index < -0.39 is 17.8 Å². The second kappa shape index (κ2) is 8.62. The minimum Gasteiger partial charge on any atom is -0.497 e. The molecule has 0 radical (unpaired) electrons. The van der Waals surface area contributed by atoms with E-state index in [4.69, 9.17) is 9.47 Å². The number of hydrogen-bond donors (Lipinski definition) is 1. The van der Waals surface area contributed by atoms with Gasteiger partial charge >= 0.3 is 6.18 Å². The predicted octanol–water partition coefficient (Wildman–Crippen LogP) is 4.61. The molecule has 0 heterocycles. The fourth-order valence-electron chi connectivity index (χ4n) is 2.43. The molecule has 1 N–H and O–H groups in total. The maximum atomic E-state index is 12.6. The standard InChI is InChI=1S/C20H20F3NO3/c1-13(14-4-8-16(9-5-14)20(21,22)23)24-19(25)11-7-15-6-10-17(26-2)12-18(15)27-3/h4-13H,1-3H3,(H,24,25)/b11-7+. The van der Waals surface area contributed by atoms with Crippen molar-refractivity contribution >= 4 is 12.0 Å². The second-order valence-corrected chi connectivity index (χ2v) is 5.79. The fourth-order valence-corrected chi connectivity index (χ4v) is 2.43. The van der Waals surface area contributed by atoms with Crippen LogP contribution in [0.4, 0.5) is 13.2 Å². The lowest BCUT2D eigenvalue weighted by molar-refractivity contribution is -0.137. The molecule has 7 heteroatoms. The van der Waals surface area contributed by atoms with Gasteiger partial charge in [-0.2, -0.15) is 13.2 Å². The predicted molar refractivity (Wildman–Crippen MR) is 96.6 cm³/mol. The smallest absolute Gasteiger partial charge is 0.416 e. The lowest BCUT2D eigenvalue weighted by Gasteiger charge is -2.14. The Labute approximate surface area is 155 Å². The van der Waals surface area contributed by atoms with Gasteiger partial charge in [0.2, 0.25) is 5.91 Å². The molecule has 27 heavy (non-hydrogen) atoms. The molecule has 1 amide bonds. The number of rotatable bonds is 6. The van der Waals surface area contributed by atoms with Gasteiger partial charge in [0.05, 0.1) is 25.8 Å². The average molecular weight is 379 g/mol. The van der Waals surface area contributed by atoms with Crippen LogP contribution in [0.2, 0.25) is 0 Å². The van der Waals surface area contributed by atoms with Crippen molar-refractivity contribution in [2.45, 2.75) is 19.1 Å². The zero-order valence-electron chi connectivity index (χ0n) is 15.1. The van der Waals surface area contributed by atoms with Crippen LogP contribution in [-0.4, -0.2) is 20.1 Å². The average Bonchev–Trinajstić information content (AvgIpc) is 2.65. The highest BCUT2D eigenvalue weighted by Crippen LogP contribution is 2.30. The van der Waals surface area contributed by atoms with Crippen molar-refractivity contribution in [3.05, 3.63) is 65.2 Å². The maximum Gasteiger partial charge on any atom is 0.416 e. The quantitative estimate of drug-likeness (QED) is 0.746. The minimum absolute atomic E-state index is 0.375. The van der Waals surface area contributed by atoms with Crippen LogP contribution in [0.5, 0.6) is 11.5 Å². The molecule has 0 fully saturated rings. The first-order valence-electron chi connectivity index (χ1n) is 8.12. The number of alkyl halides is 3. The van der Waals surface area contributed by atoms with E-state index in [-0.39, 0.29) is 5.91 Å². The van der Waals surface area contributed by atoms with E-state index in [1.807, 2.05) is 0 Å². The van der Waals surface area contributed by atoms with Crippen LogP contribution in [0.15, 0.2) is 48.5 Å². The topological polar surface area (TPSA) is 47.6 Å². The Morgan fingerprint density at radius 2 is 1.74 bits per heavy atom. The Hall–Kier alpha value is -2.96. The summed E-state index contributed by atoms with van der Waals surface area (Å²) in [5.41, 5.74) is 0.540. The number of benzene rings is 2. The summed E-state index contributed by atoms with van der Waals surface area (Å²) in [5.74, 6) is 0.804. The Kier molecular flexibility index (Phi) is 6.50. The minimum atomic E-state index is -4.38. The highest BCUT2D eigenvalue weighted by Gasteiger charge is 2.30. The number of methoxy groups -OCH3 is 2. The molecule has 2 rings (SSSR count). The highest BCUT2D eigenvalue weighted by atomic mass is 19.4. The molecule has 0 saturated carbocycles. The summed E-state index contributed by atoms with van der Waals surface area (Å²) >= 11 is 0. The van der Waals surface area contributed by atoms with Crippen molar-refractivity contribution in [3.8, 4) is 11.5 Å². The van der Waals surface area contributed by atoms with E-state index in [0.29, 0.717) is 22.6 Å². The Balaban J connectivity index is 2.03. The van der Waals surface area contributed by atoms with Crippen molar-refractivity contribution in [2.75, 3.05) is 14.2 Å². The third-order valence-corrected chi connectivity index (χ3v) is 3.95. The summed E-state index contributed by atoms with van der Waals surface area (Å²) in [6, 6.07) is 9.44. The summed E-state index contributed by atoms with van der Waals surface area (Å²) in [4.78, 5) is 12.1. The highest BCUT2D eigenvalue weighted by molar-refractivity contribution is 5.92. The number of ether oxygens (including phenoxy) is 2. The van der Waals surface area contributed by atoms with Crippen LogP contribution in [0.1, 0.15) is 29.7 Å². The number of hydrogen-bond acceptors (Lipinski definition) is 3. The third kappa shape index (κ3) is 5.51. The molecular formula is C20H20F3NO3. The first kappa shape index (κ1) is 20.4. The fraction of sp³-hybridized carbons (Fsp3) is 0.250. The monoisotopic (exact) mass is 379 g/mol. The van der Waals surface area contributed by atoms with Crippen LogP contribution >= 0.6 is 0 Å². The van der Waals surface area contributed by atoms with E-state index in [1.54, 1.807) is 38.3 Å². The van der Waals surface area contributed by atoms with E-state index >= 15 is 0 Å². The lowest BCUT2D eigenvalue weighted by atomic mass is 10.1. The molecule has 0 aliphatic rings. The van der Waals surface area contributed by atoms with Crippen molar-refractivity contribution in [2.24, 2.45) is 0 Å². The largest absolute Gasteiger partial charge is 0.497 e. The molecule has 144 valence electrons. The summed E-state index contributed by atoms with van der Waals surface area (Å²) in [7, 11) is 3.05. The van der Waals surface area contributed by atoms with Gasteiger partial charge in [0, 0.05) is 17.7 Å².